The first-order valence-electron chi connectivity index (χ1n) is 5.72. The molecule has 0 aliphatic carbocycles. The first kappa shape index (κ1) is 13.4. The molecule has 0 aromatic carbocycles. The third-order valence-corrected chi connectivity index (χ3v) is 3.10. The third kappa shape index (κ3) is 3.17. The van der Waals surface area contributed by atoms with E-state index in [9.17, 15) is 9.90 Å². The molecule has 0 atom stereocenters. The molecule has 1 aromatic heterocycles. The van der Waals surface area contributed by atoms with Gasteiger partial charge in [-0.1, -0.05) is 13.8 Å². The van der Waals surface area contributed by atoms with E-state index in [4.69, 9.17) is 5.73 Å². The number of carbonyl (C=O) groups excluding carboxylic acids is 1. The molecule has 5 heteroatoms. The second kappa shape index (κ2) is 5.63. The van der Waals surface area contributed by atoms with Gasteiger partial charge in [0.1, 0.15) is 5.82 Å². The second-order valence-electron chi connectivity index (χ2n) is 4.07. The summed E-state index contributed by atoms with van der Waals surface area (Å²) >= 11 is 0. The van der Waals surface area contributed by atoms with E-state index in [1.165, 1.54) is 6.20 Å². The number of hydrogen-bond acceptors (Lipinski definition) is 4. The zero-order valence-electron chi connectivity index (χ0n) is 10.2. The van der Waals surface area contributed by atoms with Gasteiger partial charge in [0.05, 0.1) is 17.7 Å². The lowest BCUT2D eigenvalue weighted by Gasteiger charge is -2.31. The molecular weight excluding hydrogens is 218 g/mol. The van der Waals surface area contributed by atoms with Gasteiger partial charge in [0.25, 0.3) is 0 Å². The van der Waals surface area contributed by atoms with E-state index in [2.05, 4.69) is 10.3 Å². The molecule has 0 saturated carbocycles. The Balaban J connectivity index is 2.84. The van der Waals surface area contributed by atoms with Crippen LogP contribution in [0.4, 0.5) is 5.82 Å². The van der Waals surface area contributed by atoms with Crippen LogP contribution in [0.2, 0.25) is 0 Å². The molecule has 0 fully saturated rings. The molecular formula is C12H19N3O2. The topological polar surface area (TPSA) is 88.2 Å². The molecule has 0 saturated heterocycles. The van der Waals surface area contributed by atoms with Crippen molar-refractivity contribution >= 4 is 11.7 Å². The summed E-state index contributed by atoms with van der Waals surface area (Å²) in [6.45, 7) is 4.05. The van der Waals surface area contributed by atoms with Crippen LogP contribution in [-0.2, 0) is 0 Å². The molecule has 0 spiro atoms. The number of aliphatic hydroxyl groups is 1. The van der Waals surface area contributed by atoms with Crippen molar-refractivity contribution in [3.05, 3.63) is 23.9 Å². The normalized spacial score (nSPS) is 11.2. The number of aromatic nitrogens is 1. The van der Waals surface area contributed by atoms with Crippen LogP contribution in [0, 0.1) is 0 Å². The lowest BCUT2D eigenvalue weighted by atomic mass is 9.94. The van der Waals surface area contributed by atoms with Gasteiger partial charge in [-0.05, 0) is 25.0 Å². The number of nitrogens with one attached hydrogen (secondary N) is 1. The van der Waals surface area contributed by atoms with Gasteiger partial charge in [-0.15, -0.1) is 0 Å². The van der Waals surface area contributed by atoms with Crippen molar-refractivity contribution < 1.29 is 9.90 Å². The highest BCUT2D eigenvalue weighted by molar-refractivity contribution is 5.92. The molecule has 94 valence electrons. The monoisotopic (exact) mass is 237 g/mol. The van der Waals surface area contributed by atoms with E-state index >= 15 is 0 Å². The number of carbonyl (C=O) groups is 1. The number of nitrogens with zero attached hydrogens (tertiary/aromatic N) is 1. The average molecular weight is 237 g/mol. The lowest BCUT2D eigenvalue weighted by molar-refractivity contribution is 0.1000. The summed E-state index contributed by atoms with van der Waals surface area (Å²) in [6.07, 6.45) is 3.01. The van der Waals surface area contributed by atoms with Crippen molar-refractivity contribution in [2.24, 2.45) is 5.73 Å². The van der Waals surface area contributed by atoms with E-state index < -0.39 is 5.91 Å². The summed E-state index contributed by atoms with van der Waals surface area (Å²) in [5, 5.41) is 12.6. The molecule has 5 nitrogen and oxygen atoms in total. The maximum Gasteiger partial charge on any atom is 0.250 e. The van der Waals surface area contributed by atoms with Crippen LogP contribution in [0.25, 0.3) is 0 Å². The summed E-state index contributed by atoms with van der Waals surface area (Å²) in [7, 11) is 0. The maximum atomic E-state index is 10.9. The van der Waals surface area contributed by atoms with Crippen LogP contribution in [0.15, 0.2) is 18.3 Å². The van der Waals surface area contributed by atoms with Crippen molar-refractivity contribution in [2.45, 2.75) is 32.2 Å². The van der Waals surface area contributed by atoms with Crippen molar-refractivity contribution in [3.8, 4) is 0 Å². The van der Waals surface area contributed by atoms with Crippen LogP contribution < -0.4 is 11.1 Å². The predicted molar refractivity (Wildman–Crippen MR) is 66.8 cm³/mol. The number of amides is 1. The number of pyridine rings is 1. The minimum atomic E-state index is -0.497. The predicted octanol–water partition coefficient (Wildman–Crippen LogP) is 1.14. The van der Waals surface area contributed by atoms with Crippen LogP contribution >= 0.6 is 0 Å². The van der Waals surface area contributed by atoms with E-state index in [-0.39, 0.29) is 12.1 Å². The van der Waals surface area contributed by atoms with E-state index in [1.807, 2.05) is 13.8 Å². The second-order valence-corrected chi connectivity index (χ2v) is 4.07. The van der Waals surface area contributed by atoms with Crippen LogP contribution in [0.5, 0.6) is 0 Å². The van der Waals surface area contributed by atoms with Crippen molar-refractivity contribution in [1.29, 1.82) is 0 Å². The number of primary amides is 1. The van der Waals surface area contributed by atoms with Gasteiger partial charge in [0.2, 0.25) is 5.91 Å². The fourth-order valence-corrected chi connectivity index (χ4v) is 1.58. The van der Waals surface area contributed by atoms with E-state index in [0.29, 0.717) is 11.4 Å². The van der Waals surface area contributed by atoms with Gasteiger partial charge >= 0.3 is 0 Å². The summed E-state index contributed by atoms with van der Waals surface area (Å²) < 4.78 is 0. The van der Waals surface area contributed by atoms with Crippen LogP contribution in [-0.4, -0.2) is 28.1 Å². The van der Waals surface area contributed by atoms with Crippen LogP contribution in [0.1, 0.15) is 37.0 Å². The average Bonchev–Trinajstić information content (AvgIpc) is 2.37. The fourth-order valence-electron chi connectivity index (χ4n) is 1.58. The van der Waals surface area contributed by atoms with Crippen LogP contribution in [0.3, 0.4) is 0 Å². The quantitative estimate of drug-likeness (QED) is 0.692. The summed E-state index contributed by atoms with van der Waals surface area (Å²) in [5.41, 5.74) is 5.14. The van der Waals surface area contributed by atoms with Gasteiger partial charge in [-0.3, -0.25) is 4.79 Å². The molecule has 0 bridgehead atoms. The smallest absolute Gasteiger partial charge is 0.250 e. The number of aliphatic hydroxyl groups excluding tert-OH is 1. The molecule has 0 aliphatic heterocycles. The zero-order valence-corrected chi connectivity index (χ0v) is 10.2. The Morgan fingerprint density at radius 2 is 2.12 bits per heavy atom. The van der Waals surface area contributed by atoms with Crippen molar-refractivity contribution in [1.82, 2.24) is 4.98 Å². The molecule has 1 aromatic rings. The minimum Gasteiger partial charge on any atom is -0.394 e. The molecule has 0 radical (unpaired) electrons. The fraction of sp³-hybridized carbons (Fsp3) is 0.500. The Bertz CT molecular complexity index is 364. The van der Waals surface area contributed by atoms with Crippen molar-refractivity contribution in [2.75, 3.05) is 11.9 Å². The summed E-state index contributed by atoms with van der Waals surface area (Å²) in [6, 6.07) is 3.31. The maximum absolute atomic E-state index is 10.9. The number of nitrogens with two attached hydrogens (primary N) is 1. The lowest BCUT2D eigenvalue weighted by Crippen LogP contribution is -2.41. The van der Waals surface area contributed by atoms with Crippen molar-refractivity contribution in [3.63, 3.8) is 0 Å². The van der Waals surface area contributed by atoms with Gasteiger partial charge in [-0.25, -0.2) is 4.98 Å². The van der Waals surface area contributed by atoms with Gasteiger partial charge in [0, 0.05) is 6.20 Å². The molecule has 0 aliphatic rings. The molecule has 0 unspecified atom stereocenters. The number of rotatable bonds is 6. The highest BCUT2D eigenvalue weighted by Gasteiger charge is 2.25. The molecule has 17 heavy (non-hydrogen) atoms. The molecule has 1 amide bonds. The Morgan fingerprint density at radius 3 is 2.47 bits per heavy atom. The number of hydrogen-bond donors (Lipinski definition) is 3. The Hall–Kier alpha value is -1.62. The molecule has 4 N–H and O–H groups in total. The largest absolute Gasteiger partial charge is 0.394 e. The Morgan fingerprint density at radius 1 is 1.47 bits per heavy atom. The third-order valence-electron chi connectivity index (χ3n) is 3.10. The highest BCUT2D eigenvalue weighted by atomic mass is 16.3. The van der Waals surface area contributed by atoms with Gasteiger partial charge in [-0.2, -0.15) is 0 Å². The molecule has 1 rings (SSSR count). The Labute approximate surface area is 101 Å². The standard InChI is InChI=1S/C12H19N3O2/c1-3-12(4-2,8-16)15-10-6-5-9(7-14-10)11(13)17/h5-7,16H,3-4,8H2,1-2H3,(H2,13,17)(H,14,15). The van der Waals surface area contributed by atoms with Gasteiger partial charge in [0.15, 0.2) is 0 Å². The Kier molecular flexibility index (Phi) is 4.45. The SMILES string of the molecule is CCC(CC)(CO)Nc1ccc(C(N)=O)cn1. The summed E-state index contributed by atoms with van der Waals surface area (Å²) in [5.74, 6) is 0.135. The minimum absolute atomic E-state index is 0.0409. The molecule has 1 heterocycles. The van der Waals surface area contributed by atoms with E-state index in [1.54, 1.807) is 12.1 Å². The first-order chi connectivity index (χ1) is 8.06. The van der Waals surface area contributed by atoms with E-state index in [0.717, 1.165) is 12.8 Å². The number of anilines is 1. The highest BCUT2D eigenvalue weighted by Crippen LogP contribution is 2.20. The summed E-state index contributed by atoms with van der Waals surface area (Å²) in [4.78, 5) is 15.0. The first-order valence-corrected chi connectivity index (χ1v) is 5.72. The zero-order chi connectivity index (χ0) is 12.9. The van der Waals surface area contributed by atoms with Gasteiger partial charge < -0.3 is 16.2 Å².